The molecule has 2 nitrogen and oxygen atoms in total. The van der Waals surface area contributed by atoms with Gasteiger partial charge in [0.25, 0.3) is 0 Å². The van der Waals surface area contributed by atoms with Gasteiger partial charge in [-0.1, -0.05) is 15.9 Å². The summed E-state index contributed by atoms with van der Waals surface area (Å²) in [7, 11) is 1.60. The number of ether oxygens (including phenoxy) is 1. The Morgan fingerprint density at radius 2 is 2.67 bits per heavy atom. The average molecular weight is 208 g/mol. The molecule has 0 rings (SSSR count). The number of nitrogens with zero attached hydrogens (tertiary/aromatic N) is 1. The van der Waals surface area contributed by atoms with Crippen molar-refractivity contribution in [3.05, 3.63) is 9.89 Å². The van der Waals surface area contributed by atoms with Gasteiger partial charge in [0.15, 0.2) is 0 Å². The van der Waals surface area contributed by atoms with Crippen molar-refractivity contribution in [1.29, 1.82) is 5.26 Å². The second-order valence-electron chi connectivity index (χ2n) is 1.21. The van der Waals surface area contributed by atoms with Gasteiger partial charge in [-0.25, -0.2) is 0 Å². The second-order valence-corrected chi connectivity index (χ2v) is 2.88. The van der Waals surface area contributed by atoms with Crippen molar-refractivity contribution in [2.45, 2.75) is 0 Å². The molecule has 0 bridgehead atoms. The zero-order valence-corrected chi connectivity index (χ0v) is 7.33. The van der Waals surface area contributed by atoms with Crippen LogP contribution in [0.2, 0.25) is 0 Å². The fourth-order valence-electron chi connectivity index (χ4n) is 0.262. The van der Waals surface area contributed by atoms with E-state index in [-0.39, 0.29) is 0 Å². The number of hydrogen-bond donors (Lipinski definition) is 0. The molecule has 0 heterocycles. The van der Waals surface area contributed by atoms with Crippen molar-refractivity contribution in [1.82, 2.24) is 0 Å². The van der Waals surface area contributed by atoms with Crippen LogP contribution in [0.1, 0.15) is 0 Å². The molecule has 4 heteroatoms. The molecule has 9 heavy (non-hydrogen) atoms. The van der Waals surface area contributed by atoms with Gasteiger partial charge in [-0.15, -0.1) is 0 Å². The maximum absolute atomic E-state index is 8.09. The first-order chi connectivity index (χ1) is 4.31. The van der Waals surface area contributed by atoms with Crippen molar-refractivity contribution < 1.29 is 4.74 Å². The van der Waals surface area contributed by atoms with E-state index < -0.39 is 0 Å². The van der Waals surface area contributed by atoms with Gasteiger partial charge < -0.3 is 4.74 Å². The Hall–Kier alpha value is 0.0200. The van der Waals surface area contributed by atoms with E-state index in [4.69, 9.17) is 10.00 Å². The predicted molar refractivity (Wildman–Crippen MR) is 42.1 cm³/mol. The number of nitriles is 1. The molecule has 0 aromatic carbocycles. The van der Waals surface area contributed by atoms with Crippen LogP contribution < -0.4 is 0 Å². The first kappa shape index (κ1) is 9.02. The lowest BCUT2D eigenvalue weighted by Gasteiger charge is -1.91. The SMILES string of the molecule is COC/C(Br)=C/SC#N. The van der Waals surface area contributed by atoms with Gasteiger partial charge in [0.1, 0.15) is 5.40 Å². The van der Waals surface area contributed by atoms with Crippen LogP contribution in [-0.2, 0) is 4.74 Å². The third-order valence-corrected chi connectivity index (χ3v) is 1.79. The van der Waals surface area contributed by atoms with Crippen LogP contribution in [0, 0.1) is 10.7 Å². The monoisotopic (exact) mass is 207 g/mol. The summed E-state index contributed by atoms with van der Waals surface area (Å²) in [6, 6.07) is 0. The van der Waals surface area contributed by atoms with Crippen molar-refractivity contribution in [3.63, 3.8) is 0 Å². The molecule has 0 aliphatic carbocycles. The van der Waals surface area contributed by atoms with Crippen LogP contribution in [0.5, 0.6) is 0 Å². The second kappa shape index (κ2) is 6.14. The average Bonchev–Trinajstić information content (AvgIpc) is 1.85. The molecule has 0 aromatic rings. The smallest absolute Gasteiger partial charge is 0.137 e. The molecule has 50 valence electrons. The molecule has 0 unspecified atom stereocenters. The molecule has 0 amide bonds. The molecular weight excluding hydrogens is 202 g/mol. The van der Waals surface area contributed by atoms with Crippen LogP contribution in [0.4, 0.5) is 0 Å². The van der Waals surface area contributed by atoms with E-state index >= 15 is 0 Å². The number of thiocyanates is 1. The highest BCUT2D eigenvalue weighted by molar-refractivity contribution is 9.11. The van der Waals surface area contributed by atoms with Crippen LogP contribution in [0.3, 0.4) is 0 Å². The molecule has 0 atom stereocenters. The minimum Gasteiger partial charge on any atom is -0.379 e. The zero-order valence-electron chi connectivity index (χ0n) is 4.93. The van der Waals surface area contributed by atoms with E-state index in [1.54, 1.807) is 12.5 Å². The number of hydrogen-bond acceptors (Lipinski definition) is 3. The van der Waals surface area contributed by atoms with Crippen molar-refractivity contribution in [2.24, 2.45) is 0 Å². The molecule has 0 N–H and O–H groups in total. The topological polar surface area (TPSA) is 33.0 Å². The number of rotatable bonds is 3. The molecular formula is C5H6BrNOS. The maximum atomic E-state index is 8.09. The Balaban J connectivity index is 3.45. The summed E-state index contributed by atoms with van der Waals surface area (Å²) in [6.07, 6.45) is 0. The van der Waals surface area contributed by atoms with E-state index in [2.05, 4.69) is 15.9 Å². The van der Waals surface area contributed by atoms with Gasteiger partial charge in [-0.3, -0.25) is 0 Å². The maximum Gasteiger partial charge on any atom is 0.137 e. The summed E-state index contributed by atoms with van der Waals surface area (Å²) in [5.74, 6) is 0. The lowest BCUT2D eigenvalue weighted by molar-refractivity contribution is 0.232. The number of halogens is 1. The summed E-state index contributed by atoms with van der Waals surface area (Å²) in [6.45, 7) is 0.522. The Morgan fingerprint density at radius 3 is 3.11 bits per heavy atom. The normalized spacial score (nSPS) is 11.0. The van der Waals surface area contributed by atoms with E-state index in [0.29, 0.717) is 6.61 Å². The lowest BCUT2D eigenvalue weighted by atomic mass is 10.7. The number of thioether (sulfide) groups is 1. The zero-order chi connectivity index (χ0) is 7.11. The fraction of sp³-hybridized carbons (Fsp3) is 0.400. The van der Waals surface area contributed by atoms with Crippen LogP contribution >= 0.6 is 27.7 Å². The van der Waals surface area contributed by atoms with Gasteiger partial charge in [0.2, 0.25) is 0 Å². The standard InChI is InChI=1S/C5H6BrNOS/c1-8-2-5(6)3-9-4-7/h3H,2H2,1H3/b5-3-. The van der Waals surface area contributed by atoms with Gasteiger partial charge in [-0.2, -0.15) is 5.26 Å². The van der Waals surface area contributed by atoms with Gasteiger partial charge >= 0.3 is 0 Å². The highest BCUT2D eigenvalue weighted by Gasteiger charge is 1.87. The first-order valence-corrected chi connectivity index (χ1v) is 3.86. The van der Waals surface area contributed by atoms with Crippen LogP contribution in [-0.4, -0.2) is 13.7 Å². The molecule has 0 saturated heterocycles. The quantitative estimate of drug-likeness (QED) is 0.665. The highest BCUT2D eigenvalue weighted by Crippen LogP contribution is 2.10. The van der Waals surface area contributed by atoms with Gasteiger partial charge in [0.05, 0.1) is 6.61 Å². The van der Waals surface area contributed by atoms with Crippen LogP contribution in [0.25, 0.3) is 0 Å². The summed E-state index contributed by atoms with van der Waals surface area (Å²) in [4.78, 5) is 0. The van der Waals surface area contributed by atoms with Crippen molar-refractivity contribution in [3.8, 4) is 5.40 Å². The molecule has 0 saturated carbocycles. The van der Waals surface area contributed by atoms with E-state index in [1.165, 1.54) is 0 Å². The first-order valence-electron chi connectivity index (χ1n) is 2.19. The van der Waals surface area contributed by atoms with Crippen molar-refractivity contribution in [2.75, 3.05) is 13.7 Å². The minimum absolute atomic E-state index is 0.522. The minimum atomic E-state index is 0.522. The van der Waals surface area contributed by atoms with Crippen LogP contribution in [0.15, 0.2) is 9.89 Å². The van der Waals surface area contributed by atoms with Gasteiger partial charge in [-0.05, 0) is 17.2 Å². The van der Waals surface area contributed by atoms with Crippen molar-refractivity contribution >= 4 is 27.7 Å². The fourth-order valence-corrected chi connectivity index (χ4v) is 1.02. The summed E-state index contributed by atoms with van der Waals surface area (Å²) >= 11 is 4.28. The Kier molecular flexibility index (Phi) is 6.16. The molecule has 0 radical (unpaired) electrons. The summed E-state index contributed by atoms with van der Waals surface area (Å²) in [5, 5.41) is 11.7. The Labute approximate surface area is 67.0 Å². The Morgan fingerprint density at radius 1 is 2.00 bits per heavy atom. The molecule has 0 spiro atoms. The third-order valence-electron chi connectivity index (χ3n) is 0.522. The van der Waals surface area contributed by atoms with E-state index in [0.717, 1.165) is 16.2 Å². The lowest BCUT2D eigenvalue weighted by Crippen LogP contribution is -1.84. The molecule has 0 aliphatic heterocycles. The Bertz CT molecular complexity index is 140. The predicted octanol–water partition coefficient (Wildman–Crippen LogP) is 2.08. The molecule has 0 aromatic heterocycles. The highest BCUT2D eigenvalue weighted by atomic mass is 79.9. The van der Waals surface area contributed by atoms with E-state index in [9.17, 15) is 0 Å². The van der Waals surface area contributed by atoms with Gasteiger partial charge in [0, 0.05) is 11.6 Å². The van der Waals surface area contributed by atoms with E-state index in [1.807, 2.05) is 5.40 Å². The summed E-state index contributed by atoms with van der Waals surface area (Å²) < 4.78 is 5.65. The molecule has 0 fully saturated rings. The summed E-state index contributed by atoms with van der Waals surface area (Å²) in [5.41, 5.74) is 0. The molecule has 0 aliphatic rings. The number of methoxy groups -OCH3 is 1. The largest absolute Gasteiger partial charge is 0.379 e. The third kappa shape index (κ3) is 5.90.